The molecule has 0 bridgehead atoms. The normalized spacial score (nSPS) is 10.6. The van der Waals surface area contributed by atoms with Gasteiger partial charge in [-0.25, -0.2) is 0 Å². The Kier molecular flexibility index (Phi) is 5.62. The number of likely N-dealkylation sites (N-methyl/N-ethyl adjacent to an activating group) is 1. The summed E-state index contributed by atoms with van der Waals surface area (Å²) >= 11 is 3.47. The second-order valence-corrected chi connectivity index (χ2v) is 5.78. The van der Waals surface area contributed by atoms with Crippen LogP contribution in [0.3, 0.4) is 0 Å². The highest BCUT2D eigenvalue weighted by Crippen LogP contribution is 2.23. The lowest BCUT2D eigenvalue weighted by atomic mass is 10.1. The molecule has 20 heavy (non-hydrogen) atoms. The van der Waals surface area contributed by atoms with Crippen LogP contribution < -0.4 is 10.1 Å². The van der Waals surface area contributed by atoms with Crippen molar-refractivity contribution in [1.29, 1.82) is 0 Å². The maximum Gasteiger partial charge on any atom is 0.123 e. The molecule has 2 aromatic carbocycles. The zero-order chi connectivity index (χ0) is 14.4. The number of aryl methyl sites for hydroxylation is 1. The zero-order valence-electron chi connectivity index (χ0n) is 11.9. The standard InChI is InChI=1S/C17H20BrNO/c1-13-3-8-16(18)11-17(13)20-12-15-6-4-14(5-7-15)9-10-19-2/h3-8,11,19H,9-10,12H2,1-2H3. The van der Waals surface area contributed by atoms with E-state index in [0.29, 0.717) is 6.61 Å². The van der Waals surface area contributed by atoms with Gasteiger partial charge in [0, 0.05) is 4.47 Å². The Bertz CT molecular complexity index is 551. The molecule has 0 aliphatic heterocycles. The van der Waals surface area contributed by atoms with E-state index in [1.54, 1.807) is 0 Å². The van der Waals surface area contributed by atoms with Gasteiger partial charge in [0.1, 0.15) is 12.4 Å². The summed E-state index contributed by atoms with van der Waals surface area (Å²) in [4.78, 5) is 0. The molecule has 2 aromatic rings. The molecule has 3 heteroatoms. The van der Waals surface area contributed by atoms with E-state index in [9.17, 15) is 0 Å². The van der Waals surface area contributed by atoms with Gasteiger partial charge in [-0.3, -0.25) is 0 Å². The van der Waals surface area contributed by atoms with Gasteiger partial charge in [0.2, 0.25) is 0 Å². The Morgan fingerprint density at radius 3 is 2.45 bits per heavy atom. The third-order valence-electron chi connectivity index (χ3n) is 3.23. The first-order chi connectivity index (χ1) is 9.69. The smallest absolute Gasteiger partial charge is 0.123 e. The SMILES string of the molecule is CNCCc1ccc(COc2cc(Br)ccc2C)cc1. The van der Waals surface area contributed by atoms with Crippen molar-refractivity contribution in [2.24, 2.45) is 0 Å². The molecule has 0 amide bonds. The molecule has 0 aliphatic rings. The summed E-state index contributed by atoms with van der Waals surface area (Å²) in [7, 11) is 1.97. The van der Waals surface area contributed by atoms with Crippen LogP contribution in [0.15, 0.2) is 46.9 Å². The molecular weight excluding hydrogens is 314 g/mol. The zero-order valence-corrected chi connectivity index (χ0v) is 13.5. The van der Waals surface area contributed by atoms with Crippen molar-refractivity contribution in [3.8, 4) is 5.75 Å². The molecule has 0 saturated heterocycles. The number of halogens is 1. The van der Waals surface area contributed by atoms with Crippen molar-refractivity contribution in [2.45, 2.75) is 20.0 Å². The molecule has 0 aliphatic carbocycles. The second kappa shape index (κ2) is 7.46. The van der Waals surface area contributed by atoms with E-state index >= 15 is 0 Å². The Morgan fingerprint density at radius 2 is 1.75 bits per heavy atom. The number of rotatable bonds is 6. The van der Waals surface area contributed by atoms with Crippen LogP contribution in [0.4, 0.5) is 0 Å². The summed E-state index contributed by atoms with van der Waals surface area (Å²) in [6, 6.07) is 14.7. The monoisotopic (exact) mass is 333 g/mol. The fraction of sp³-hybridized carbons (Fsp3) is 0.294. The molecule has 0 unspecified atom stereocenters. The fourth-order valence-corrected chi connectivity index (χ4v) is 2.30. The lowest BCUT2D eigenvalue weighted by molar-refractivity contribution is 0.304. The highest BCUT2D eigenvalue weighted by atomic mass is 79.9. The highest BCUT2D eigenvalue weighted by molar-refractivity contribution is 9.10. The van der Waals surface area contributed by atoms with E-state index in [1.165, 1.54) is 11.1 Å². The summed E-state index contributed by atoms with van der Waals surface area (Å²) in [5.41, 5.74) is 3.69. The summed E-state index contributed by atoms with van der Waals surface area (Å²) < 4.78 is 6.92. The first kappa shape index (κ1) is 15.1. The van der Waals surface area contributed by atoms with Gasteiger partial charge in [0.05, 0.1) is 0 Å². The van der Waals surface area contributed by atoms with Crippen LogP contribution in [0.5, 0.6) is 5.75 Å². The molecule has 2 nitrogen and oxygen atoms in total. The van der Waals surface area contributed by atoms with Gasteiger partial charge in [-0.1, -0.05) is 46.3 Å². The van der Waals surface area contributed by atoms with Crippen LogP contribution in [0, 0.1) is 6.92 Å². The van der Waals surface area contributed by atoms with E-state index < -0.39 is 0 Å². The highest BCUT2D eigenvalue weighted by Gasteiger charge is 2.01. The maximum atomic E-state index is 5.88. The summed E-state index contributed by atoms with van der Waals surface area (Å²) in [6.07, 6.45) is 1.06. The van der Waals surface area contributed by atoms with Crippen molar-refractivity contribution >= 4 is 15.9 Å². The van der Waals surface area contributed by atoms with Crippen LogP contribution in [0.25, 0.3) is 0 Å². The third-order valence-corrected chi connectivity index (χ3v) is 3.72. The molecule has 0 fully saturated rings. The second-order valence-electron chi connectivity index (χ2n) is 4.87. The predicted octanol–water partition coefficient (Wildman–Crippen LogP) is 4.10. The first-order valence-electron chi connectivity index (χ1n) is 6.80. The molecule has 0 aromatic heterocycles. The van der Waals surface area contributed by atoms with Crippen molar-refractivity contribution in [1.82, 2.24) is 5.32 Å². The van der Waals surface area contributed by atoms with E-state index in [-0.39, 0.29) is 0 Å². The van der Waals surface area contributed by atoms with Gasteiger partial charge in [-0.2, -0.15) is 0 Å². The van der Waals surface area contributed by atoms with Crippen LogP contribution >= 0.6 is 15.9 Å². The summed E-state index contributed by atoms with van der Waals surface area (Å²) in [6.45, 7) is 3.67. The van der Waals surface area contributed by atoms with Crippen LogP contribution in [0.2, 0.25) is 0 Å². The molecule has 0 spiro atoms. The molecule has 106 valence electrons. The minimum absolute atomic E-state index is 0.601. The quantitative estimate of drug-likeness (QED) is 0.859. The number of hydrogen-bond donors (Lipinski definition) is 1. The molecule has 2 rings (SSSR count). The Balaban J connectivity index is 1.95. The van der Waals surface area contributed by atoms with Gasteiger partial charge in [0.15, 0.2) is 0 Å². The molecule has 0 saturated carbocycles. The van der Waals surface area contributed by atoms with Crippen LogP contribution in [0.1, 0.15) is 16.7 Å². The van der Waals surface area contributed by atoms with Gasteiger partial charge in [-0.15, -0.1) is 0 Å². The third kappa shape index (κ3) is 4.36. The molecule has 0 heterocycles. The van der Waals surface area contributed by atoms with Gasteiger partial charge in [0.25, 0.3) is 0 Å². The van der Waals surface area contributed by atoms with E-state index in [0.717, 1.165) is 28.8 Å². The average Bonchev–Trinajstić information content (AvgIpc) is 2.47. The van der Waals surface area contributed by atoms with Crippen molar-refractivity contribution in [3.05, 3.63) is 63.6 Å². The molecule has 0 atom stereocenters. The fourth-order valence-electron chi connectivity index (χ4n) is 1.96. The van der Waals surface area contributed by atoms with E-state index in [2.05, 4.69) is 58.5 Å². The Labute approximate surface area is 129 Å². The van der Waals surface area contributed by atoms with Crippen molar-refractivity contribution in [3.63, 3.8) is 0 Å². The van der Waals surface area contributed by atoms with Gasteiger partial charge < -0.3 is 10.1 Å². The van der Waals surface area contributed by atoms with Crippen LogP contribution in [-0.2, 0) is 13.0 Å². The lowest BCUT2D eigenvalue weighted by Crippen LogP contribution is -2.10. The summed E-state index contributed by atoms with van der Waals surface area (Å²) in [5, 5.41) is 3.16. The molecular formula is C17H20BrNO. The topological polar surface area (TPSA) is 21.3 Å². The van der Waals surface area contributed by atoms with Gasteiger partial charge in [-0.05, 0) is 55.8 Å². The van der Waals surface area contributed by atoms with Gasteiger partial charge >= 0.3 is 0 Å². The largest absolute Gasteiger partial charge is 0.489 e. The first-order valence-corrected chi connectivity index (χ1v) is 7.59. The Hall–Kier alpha value is -1.32. The number of nitrogens with one attached hydrogen (secondary N) is 1. The minimum atomic E-state index is 0.601. The van der Waals surface area contributed by atoms with Crippen molar-refractivity contribution < 1.29 is 4.74 Å². The molecule has 1 N–H and O–H groups in total. The Morgan fingerprint density at radius 1 is 1.05 bits per heavy atom. The molecule has 0 radical (unpaired) electrons. The van der Waals surface area contributed by atoms with E-state index in [4.69, 9.17) is 4.74 Å². The predicted molar refractivity (Wildman–Crippen MR) is 87.3 cm³/mol. The average molecular weight is 334 g/mol. The van der Waals surface area contributed by atoms with Crippen LogP contribution in [-0.4, -0.2) is 13.6 Å². The minimum Gasteiger partial charge on any atom is -0.489 e. The number of hydrogen-bond acceptors (Lipinski definition) is 2. The van der Waals surface area contributed by atoms with Crippen molar-refractivity contribution in [2.75, 3.05) is 13.6 Å². The maximum absolute atomic E-state index is 5.88. The lowest BCUT2D eigenvalue weighted by Gasteiger charge is -2.10. The number of benzene rings is 2. The van der Waals surface area contributed by atoms with E-state index in [1.807, 2.05) is 19.2 Å². The summed E-state index contributed by atoms with van der Waals surface area (Å²) in [5.74, 6) is 0.929. The number of ether oxygens (including phenoxy) is 1.